The minimum atomic E-state index is -0.674. The molecule has 0 spiro atoms. The first-order valence-corrected chi connectivity index (χ1v) is 4.73. The molecule has 0 aromatic rings. The number of carbonyl (C=O) groups is 1. The molecule has 3 heterocycles. The summed E-state index contributed by atoms with van der Waals surface area (Å²) in [6.07, 6.45) is 3.42. The lowest BCUT2D eigenvalue weighted by molar-refractivity contribution is -0.0764. The van der Waals surface area contributed by atoms with Crippen LogP contribution in [0.5, 0.6) is 0 Å². The SMILES string of the molecule is Cl.O=C(Cl)OC1CC2CCN1CC2. The monoisotopic (exact) mass is 225 g/mol. The second-order valence-electron chi connectivity index (χ2n) is 3.53. The molecule has 0 amide bonds. The fourth-order valence-corrected chi connectivity index (χ4v) is 2.24. The van der Waals surface area contributed by atoms with E-state index in [2.05, 4.69) is 4.90 Å². The molecule has 3 rings (SSSR count). The summed E-state index contributed by atoms with van der Waals surface area (Å²) in [5.74, 6) is 0.746. The molecule has 3 aliphatic rings. The van der Waals surface area contributed by atoms with Gasteiger partial charge in [-0.2, -0.15) is 0 Å². The van der Waals surface area contributed by atoms with Crippen LogP contribution in [0, 0.1) is 5.92 Å². The molecule has 3 nitrogen and oxygen atoms in total. The predicted molar refractivity (Wildman–Crippen MR) is 52.3 cm³/mol. The lowest BCUT2D eigenvalue weighted by Gasteiger charge is -2.43. The molecule has 1 atom stereocenters. The summed E-state index contributed by atoms with van der Waals surface area (Å²) in [6.45, 7) is 2.11. The first kappa shape index (κ1) is 11.1. The first-order valence-electron chi connectivity index (χ1n) is 4.36. The van der Waals surface area contributed by atoms with Crippen molar-refractivity contribution in [2.24, 2.45) is 5.92 Å². The van der Waals surface area contributed by atoms with Crippen LogP contribution in [0.2, 0.25) is 0 Å². The number of nitrogens with zero attached hydrogens (tertiary/aromatic N) is 1. The van der Waals surface area contributed by atoms with Crippen LogP contribution in [0.4, 0.5) is 4.79 Å². The van der Waals surface area contributed by atoms with Gasteiger partial charge in [-0.3, -0.25) is 4.90 Å². The normalized spacial score (nSPS) is 36.5. The summed E-state index contributed by atoms with van der Waals surface area (Å²) < 4.78 is 4.98. The third-order valence-corrected chi connectivity index (χ3v) is 2.91. The number of hydrogen-bond acceptors (Lipinski definition) is 3. The Balaban J connectivity index is 0.000000845. The summed E-state index contributed by atoms with van der Waals surface area (Å²) in [7, 11) is 0. The fraction of sp³-hybridized carbons (Fsp3) is 0.875. The van der Waals surface area contributed by atoms with E-state index in [1.807, 2.05) is 0 Å². The van der Waals surface area contributed by atoms with Gasteiger partial charge in [0.15, 0.2) is 6.23 Å². The van der Waals surface area contributed by atoms with E-state index in [9.17, 15) is 4.79 Å². The standard InChI is InChI=1S/C8H12ClNO2.ClH/c9-8(11)12-7-5-6-1-3-10(7)4-2-6;/h6-7H,1-5H2;1H. The van der Waals surface area contributed by atoms with Gasteiger partial charge < -0.3 is 4.74 Å². The smallest absolute Gasteiger partial charge is 0.405 e. The Hall–Kier alpha value is 0.01000. The quantitative estimate of drug-likeness (QED) is 0.642. The highest BCUT2D eigenvalue weighted by molar-refractivity contribution is 6.61. The Morgan fingerprint density at radius 2 is 2.00 bits per heavy atom. The lowest BCUT2D eigenvalue weighted by atomic mass is 9.87. The number of piperidine rings is 3. The van der Waals surface area contributed by atoms with Crippen LogP contribution < -0.4 is 0 Å². The lowest BCUT2D eigenvalue weighted by Crippen LogP contribution is -2.50. The molecule has 3 aliphatic heterocycles. The molecule has 5 heteroatoms. The third-order valence-electron chi connectivity index (χ3n) is 2.82. The van der Waals surface area contributed by atoms with Crippen LogP contribution in [0.25, 0.3) is 0 Å². The second-order valence-corrected chi connectivity index (χ2v) is 3.83. The Morgan fingerprint density at radius 1 is 1.38 bits per heavy atom. The molecular weight excluding hydrogens is 213 g/mol. The molecule has 0 N–H and O–H groups in total. The van der Waals surface area contributed by atoms with Gasteiger partial charge in [0.1, 0.15) is 0 Å². The Kier molecular flexibility index (Phi) is 3.83. The van der Waals surface area contributed by atoms with Crippen molar-refractivity contribution >= 4 is 29.4 Å². The summed E-state index contributed by atoms with van der Waals surface area (Å²) in [5, 5.41) is 0. The number of ether oxygens (including phenoxy) is 1. The van der Waals surface area contributed by atoms with E-state index >= 15 is 0 Å². The molecule has 1 unspecified atom stereocenters. The summed E-state index contributed by atoms with van der Waals surface area (Å²) in [4.78, 5) is 12.7. The zero-order chi connectivity index (χ0) is 8.55. The molecule has 3 fully saturated rings. The Labute approximate surface area is 88.8 Å². The number of rotatable bonds is 1. The van der Waals surface area contributed by atoms with E-state index in [4.69, 9.17) is 16.3 Å². The van der Waals surface area contributed by atoms with E-state index in [0.717, 1.165) is 25.4 Å². The van der Waals surface area contributed by atoms with Gasteiger partial charge in [-0.15, -0.1) is 12.4 Å². The highest BCUT2D eigenvalue weighted by Crippen LogP contribution is 2.32. The molecule has 0 saturated carbocycles. The van der Waals surface area contributed by atoms with Crippen molar-refractivity contribution in [3.63, 3.8) is 0 Å². The molecule has 0 aromatic heterocycles. The molecule has 3 saturated heterocycles. The van der Waals surface area contributed by atoms with Gasteiger partial charge in [0.05, 0.1) is 0 Å². The number of carbonyl (C=O) groups excluding carboxylic acids is 1. The van der Waals surface area contributed by atoms with Gasteiger partial charge in [0.25, 0.3) is 0 Å². The largest absolute Gasteiger partial charge is 0.434 e. The summed E-state index contributed by atoms with van der Waals surface area (Å²) >= 11 is 5.16. The topological polar surface area (TPSA) is 29.5 Å². The van der Waals surface area contributed by atoms with Gasteiger partial charge in [-0.05, 0) is 18.8 Å². The van der Waals surface area contributed by atoms with E-state index in [1.54, 1.807) is 0 Å². The summed E-state index contributed by atoms with van der Waals surface area (Å²) in [5.41, 5.74) is -0.674. The number of halogens is 2. The summed E-state index contributed by atoms with van der Waals surface area (Å²) in [6, 6.07) is 0. The molecule has 76 valence electrons. The van der Waals surface area contributed by atoms with Crippen molar-refractivity contribution in [1.29, 1.82) is 0 Å². The van der Waals surface area contributed by atoms with Gasteiger partial charge in [-0.25, -0.2) is 4.79 Å². The third kappa shape index (κ3) is 2.48. The molecular formula is C8H13Cl2NO2. The van der Waals surface area contributed by atoms with Crippen molar-refractivity contribution < 1.29 is 9.53 Å². The van der Waals surface area contributed by atoms with E-state index < -0.39 is 5.43 Å². The van der Waals surface area contributed by atoms with E-state index in [0.29, 0.717) is 0 Å². The molecule has 2 bridgehead atoms. The molecule has 0 aliphatic carbocycles. The van der Waals surface area contributed by atoms with Crippen LogP contribution >= 0.6 is 24.0 Å². The van der Waals surface area contributed by atoms with Crippen molar-refractivity contribution in [3.8, 4) is 0 Å². The maximum Gasteiger partial charge on any atom is 0.405 e. The van der Waals surface area contributed by atoms with Crippen molar-refractivity contribution in [2.45, 2.75) is 25.5 Å². The Morgan fingerprint density at radius 3 is 2.38 bits per heavy atom. The maximum absolute atomic E-state index is 10.5. The predicted octanol–water partition coefficient (Wildman–Crippen LogP) is 2.23. The zero-order valence-electron chi connectivity index (χ0n) is 7.24. The molecule has 0 radical (unpaired) electrons. The fourth-order valence-electron chi connectivity index (χ4n) is 2.14. The van der Waals surface area contributed by atoms with Gasteiger partial charge in [0, 0.05) is 31.1 Å². The minimum Gasteiger partial charge on any atom is -0.434 e. The number of hydrogen-bond donors (Lipinski definition) is 0. The Bertz CT molecular complexity index is 193. The number of fused-ring (bicyclic) bond motifs is 3. The van der Waals surface area contributed by atoms with Crippen LogP contribution in [-0.4, -0.2) is 29.6 Å². The van der Waals surface area contributed by atoms with Gasteiger partial charge in [0.2, 0.25) is 0 Å². The first-order chi connectivity index (χ1) is 5.75. The molecule has 0 aromatic carbocycles. The van der Waals surface area contributed by atoms with Crippen molar-refractivity contribution in [3.05, 3.63) is 0 Å². The van der Waals surface area contributed by atoms with Gasteiger partial charge in [-0.1, -0.05) is 0 Å². The average molecular weight is 226 g/mol. The van der Waals surface area contributed by atoms with Crippen LogP contribution in [0.1, 0.15) is 19.3 Å². The van der Waals surface area contributed by atoms with E-state index in [1.165, 1.54) is 12.8 Å². The van der Waals surface area contributed by atoms with Gasteiger partial charge >= 0.3 is 5.43 Å². The van der Waals surface area contributed by atoms with Crippen LogP contribution in [0.3, 0.4) is 0 Å². The minimum absolute atomic E-state index is 0. The highest BCUT2D eigenvalue weighted by atomic mass is 35.5. The second kappa shape index (κ2) is 4.49. The maximum atomic E-state index is 10.5. The van der Waals surface area contributed by atoms with Crippen LogP contribution in [0.15, 0.2) is 0 Å². The highest BCUT2D eigenvalue weighted by Gasteiger charge is 2.35. The average Bonchev–Trinajstić information content (AvgIpc) is 2.05. The van der Waals surface area contributed by atoms with Crippen molar-refractivity contribution in [1.82, 2.24) is 4.90 Å². The zero-order valence-corrected chi connectivity index (χ0v) is 8.81. The molecule has 13 heavy (non-hydrogen) atoms. The van der Waals surface area contributed by atoms with E-state index in [-0.39, 0.29) is 18.6 Å². The van der Waals surface area contributed by atoms with Crippen molar-refractivity contribution in [2.75, 3.05) is 13.1 Å². The van der Waals surface area contributed by atoms with Crippen LogP contribution in [-0.2, 0) is 4.74 Å².